The number of carbonyl (C=O) groups excluding carboxylic acids is 3. The van der Waals surface area contributed by atoms with E-state index < -0.39 is 60.2 Å². The molecule has 0 aliphatic carbocycles. The number of phenolic OH excluding ortho intramolecular Hbond substituents is 1. The Morgan fingerprint density at radius 3 is 2.05 bits per heavy atom. The van der Waals surface area contributed by atoms with E-state index in [1.54, 1.807) is 0 Å². The number of H-pyrrole nitrogens is 1. The zero-order valence-corrected chi connectivity index (χ0v) is 20.4. The van der Waals surface area contributed by atoms with E-state index in [4.69, 9.17) is 5.73 Å². The molecular formula is C22H28N6O8S. The van der Waals surface area contributed by atoms with E-state index in [0.29, 0.717) is 11.3 Å². The van der Waals surface area contributed by atoms with Gasteiger partial charge in [0.1, 0.15) is 23.9 Å². The van der Waals surface area contributed by atoms with E-state index in [9.17, 15) is 39.3 Å². The molecule has 15 heteroatoms. The Morgan fingerprint density at radius 1 is 0.919 bits per heavy atom. The van der Waals surface area contributed by atoms with Crippen LogP contribution in [0.4, 0.5) is 0 Å². The highest BCUT2D eigenvalue weighted by Crippen LogP contribution is 2.12. The molecule has 14 nitrogen and oxygen atoms in total. The van der Waals surface area contributed by atoms with Gasteiger partial charge in [-0.2, -0.15) is 12.6 Å². The third-order valence-corrected chi connectivity index (χ3v) is 5.54. The number of hydrogen-bond acceptors (Lipinski definition) is 9. The molecule has 9 N–H and O–H groups in total. The van der Waals surface area contributed by atoms with Crippen molar-refractivity contribution >= 4 is 42.3 Å². The van der Waals surface area contributed by atoms with Crippen molar-refractivity contribution in [3.8, 4) is 5.75 Å². The molecule has 4 unspecified atom stereocenters. The molecule has 1 aromatic heterocycles. The molecule has 2 aromatic rings. The van der Waals surface area contributed by atoms with Gasteiger partial charge in [-0.15, -0.1) is 0 Å². The zero-order chi connectivity index (χ0) is 27.5. The minimum absolute atomic E-state index is 0.0379. The van der Waals surface area contributed by atoms with Crippen LogP contribution in [0.25, 0.3) is 0 Å². The first-order valence-electron chi connectivity index (χ1n) is 11.0. The summed E-state index contributed by atoms with van der Waals surface area (Å²) in [6.07, 6.45) is 1.67. The van der Waals surface area contributed by atoms with Crippen LogP contribution in [0.1, 0.15) is 17.7 Å². The maximum atomic E-state index is 13.1. The Labute approximate surface area is 216 Å². The summed E-state index contributed by atoms with van der Waals surface area (Å²) in [5.41, 5.74) is 6.52. The third kappa shape index (κ3) is 9.46. The normalized spacial score (nSPS) is 14.0. The molecule has 3 amide bonds. The number of thiol groups is 1. The fourth-order valence-corrected chi connectivity index (χ4v) is 3.35. The maximum Gasteiger partial charge on any atom is 0.326 e. The number of nitrogens with one attached hydrogen (secondary N) is 4. The molecule has 1 heterocycles. The monoisotopic (exact) mass is 536 g/mol. The lowest BCUT2D eigenvalue weighted by atomic mass is 10.0. The van der Waals surface area contributed by atoms with Crippen LogP contribution >= 0.6 is 12.6 Å². The number of carboxylic acid groups (broad SMARTS) is 2. The number of aromatic amines is 1. The number of aliphatic carboxylic acids is 2. The summed E-state index contributed by atoms with van der Waals surface area (Å²) < 4.78 is 0. The molecule has 0 aliphatic rings. The highest BCUT2D eigenvalue weighted by atomic mass is 32.1. The molecule has 0 aliphatic heterocycles. The number of aromatic nitrogens is 2. The van der Waals surface area contributed by atoms with Gasteiger partial charge >= 0.3 is 11.9 Å². The average molecular weight is 537 g/mol. The molecule has 0 saturated heterocycles. The van der Waals surface area contributed by atoms with Crippen molar-refractivity contribution in [3.05, 3.63) is 48.0 Å². The lowest BCUT2D eigenvalue weighted by molar-refractivity contribution is -0.143. The number of nitrogens with two attached hydrogens (primary N) is 1. The van der Waals surface area contributed by atoms with Crippen LogP contribution in [-0.4, -0.2) is 84.9 Å². The second kappa shape index (κ2) is 13.8. The first kappa shape index (κ1) is 29.1. The van der Waals surface area contributed by atoms with Gasteiger partial charge < -0.3 is 42.0 Å². The minimum atomic E-state index is -1.58. The Morgan fingerprint density at radius 2 is 1.51 bits per heavy atom. The van der Waals surface area contributed by atoms with Crippen molar-refractivity contribution in [2.24, 2.45) is 5.73 Å². The lowest BCUT2D eigenvalue weighted by Crippen LogP contribution is -2.58. The molecule has 0 bridgehead atoms. The van der Waals surface area contributed by atoms with E-state index in [2.05, 4.69) is 38.5 Å². The van der Waals surface area contributed by atoms with Crippen molar-refractivity contribution in [2.75, 3.05) is 5.75 Å². The quantitative estimate of drug-likeness (QED) is 0.122. The molecule has 0 radical (unpaired) electrons. The third-order valence-electron chi connectivity index (χ3n) is 5.15. The van der Waals surface area contributed by atoms with Crippen LogP contribution in [-0.2, 0) is 36.8 Å². The fraction of sp³-hybridized carbons (Fsp3) is 0.364. The summed E-state index contributed by atoms with van der Waals surface area (Å²) in [5.74, 6) is -5.53. The molecule has 2 rings (SSSR count). The highest BCUT2D eigenvalue weighted by molar-refractivity contribution is 7.80. The van der Waals surface area contributed by atoms with Crippen LogP contribution in [0.15, 0.2) is 36.8 Å². The molecule has 37 heavy (non-hydrogen) atoms. The fourth-order valence-electron chi connectivity index (χ4n) is 3.18. The predicted octanol–water partition coefficient (Wildman–Crippen LogP) is -1.83. The van der Waals surface area contributed by atoms with Gasteiger partial charge in [-0.1, -0.05) is 12.1 Å². The number of phenols is 1. The Kier molecular flexibility index (Phi) is 10.9. The SMILES string of the molecule is NC(CS)C(=O)NC(CC(=O)O)C(=O)NC(Cc1ccc(O)cc1)C(=O)NC(Cc1cnc[nH]1)C(=O)O. The topological polar surface area (TPSA) is 237 Å². The van der Waals surface area contributed by atoms with Gasteiger partial charge in [-0.05, 0) is 17.7 Å². The van der Waals surface area contributed by atoms with Gasteiger partial charge in [-0.25, -0.2) is 9.78 Å². The van der Waals surface area contributed by atoms with Crippen LogP contribution in [0.2, 0.25) is 0 Å². The van der Waals surface area contributed by atoms with Crippen LogP contribution < -0.4 is 21.7 Å². The molecule has 0 fully saturated rings. The van der Waals surface area contributed by atoms with Crippen molar-refractivity contribution in [1.82, 2.24) is 25.9 Å². The van der Waals surface area contributed by atoms with Crippen molar-refractivity contribution in [2.45, 2.75) is 43.4 Å². The number of nitrogens with zero attached hydrogens (tertiary/aromatic N) is 1. The minimum Gasteiger partial charge on any atom is -0.508 e. The highest BCUT2D eigenvalue weighted by Gasteiger charge is 2.31. The summed E-state index contributed by atoms with van der Waals surface area (Å²) in [6.45, 7) is 0. The number of hydrogen-bond donors (Lipinski definition) is 9. The number of carbonyl (C=O) groups is 5. The largest absolute Gasteiger partial charge is 0.508 e. The molecule has 200 valence electrons. The Bertz CT molecular complexity index is 1100. The maximum absolute atomic E-state index is 13.1. The summed E-state index contributed by atoms with van der Waals surface area (Å²) in [7, 11) is 0. The second-order valence-electron chi connectivity index (χ2n) is 8.06. The number of imidazole rings is 1. The summed E-state index contributed by atoms with van der Waals surface area (Å²) in [4.78, 5) is 67.8. The summed E-state index contributed by atoms with van der Waals surface area (Å²) in [6, 6.07) is 0.260. The Hall–Kier alpha value is -4.11. The predicted molar refractivity (Wildman–Crippen MR) is 132 cm³/mol. The van der Waals surface area contributed by atoms with Crippen molar-refractivity contribution in [3.63, 3.8) is 0 Å². The average Bonchev–Trinajstić information content (AvgIpc) is 3.36. The molecule has 1 aromatic carbocycles. The standard InChI is InChI=1S/C22H28N6O8S/c23-14(9-37)19(32)26-16(7-18(30)31)21(34)27-15(5-11-1-3-13(29)4-2-11)20(33)28-17(22(35)36)6-12-8-24-10-25-12/h1-4,8,10,14-17,29,37H,5-7,9,23H2,(H,24,25)(H,26,32)(H,27,34)(H,28,33)(H,30,31)(H,35,36). The Balaban J connectivity index is 2.26. The van der Waals surface area contributed by atoms with Gasteiger partial charge in [0.2, 0.25) is 17.7 Å². The van der Waals surface area contributed by atoms with E-state index in [0.717, 1.165) is 0 Å². The van der Waals surface area contributed by atoms with Gasteiger partial charge in [0.25, 0.3) is 0 Å². The van der Waals surface area contributed by atoms with Gasteiger partial charge in [0.05, 0.1) is 18.8 Å². The molecule has 4 atom stereocenters. The van der Waals surface area contributed by atoms with Crippen LogP contribution in [0.5, 0.6) is 5.75 Å². The number of rotatable bonds is 14. The van der Waals surface area contributed by atoms with Crippen molar-refractivity contribution < 1.29 is 39.3 Å². The number of benzene rings is 1. The van der Waals surface area contributed by atoms with E-state index in [-0.39, 0.29) is 24.3 Å². The van der Waals surface area contributed by atoms with E-state index in [1.165, 1.54) is 36.8 Å². The van der Waals surface area contributed by atoms with E-state index in [1.807, 2.05) is 0 Å². The lowest BCUT2D eigenvalue weighted by Gasteiger charge is -2.24. The second-order valence-corrected chi connectivity index (χ2v) is 8.43. The number of aromatic hydroxyl groups is 1. The van der Waals surface area contributed by atoms with Crippen molar-refractivity contribution in [1.29, 1.82) is 0 Å². The van der Waals surface area contributed by atoms with Gasteiger partial charge in [0.15, 0.2) is 0 Å². The number of carboxylic acids is 2. The first-order valence-corrected chi connectivity index (χ1v) is 11.6. The molecular weight excluding hydrogens is 508 g/mol. The smallest absolute Gasteiger partial charge is 0.326 e. The van der Waals surface area contributed by atoms with Gasteiger partial charge in [-0.3, -0.25) is 19.2 Å². The summed E-state index contributed by atoms with van der Waals surface area (Å²) >= 11 is 3.90. The van der Waals surface area contributed by atoms with E-state index >= 15 is 0 Å². The number of amides is 3. The van der Waals surface area contributed by atoms with Crippen LogP contribution in [0, 0.1) is 0 Å². The van der Waals surface area contributed by atoms with Gasteiger partial charge in [0, 0.05) is 30.5 Å². The molecule has 0 spiro atoms. The zero-order valence-electron chi connectivity index (χ0n) is 19.5. The first-order chi connectivity index (χ1) is 17.5. The molecule has 0 saturated carbocycles. The summed E-state index contributed by atoms with van der Waals surface area (Å²) in [5, 5.41) is 35.3. The van der Waals surface area contributed by atoms with Crippen LogP contribution in [0.3, 0.4) is 0 Å².